The molecule has 1 N–H and O–H groups in total. The average molecular weight is 540 g/mol. The second kappa shape index (κ2) is 12.7. The number of anilines is 1. The van der Waals surface area contributed by atoms with Crippen LogP contribution in [0.15, 0.2) is 83.8 Å². The lowest BCUT2D eigenvalue weighted by molar-refractivity contribution is -0.139. The van der Waals surface area contributed by atoms with Crippen molar-refractivity contribution in [2.75, 3.05) is 10.8 Å². The average Bonchev–Trinajstić information content (AvgIpc) is 2.91. The molecule has 3 aromatic rings. The van der Waals surface area contributed by atoms with Crippen LogP contribution in [0.25, 0.3) is 0 Å². The molecule has 0 fully saturated rings. The molecule has 0 aliphatic rings. The topological polar surface area (TPSA) is 86.8 Å². The molecule has 0 unspecified atom stereocenters. The van der Waals surface area contributed by atoms with E-state index in [4.69, 9.17) is 0 Å². The van der Waals surface area contributed by atoms with Crippen LogP contribution in [0, 0.1) is 12.7 Å². The maximum Gasteiger partial charge on any atom is 0.264 e. The first-order valence-corrected chi connectivity index (χ1v) is 14.0. The van der Waals surface area contributed by atoms with Gasteiger partial charge in [0.2, 0.25) is 11.8 Å². The van der Waals surface area contributed by atoms with E-state index in [0.717, 1.165) is 9.87 Å². The first-order chi connectivity index (χ1) is 18.0. The van der Waals surface area contributed by atoms with Crippen LogP contribution in [-0.2, 0) is 26.2 Å². The summed E-state index contributed by atoms with van der Waals surface area (Å²) in [6.45, 7) is 6.40. The summed E-state index contributed by atoms with van der Waals surface area (Å²) in [7, 11) is -4.14. The van der Waals surface area contributed by atoms with Crippen LogP contribution < -0.4 is 9.62 Å². The number of benzene rings is 3. The van der Waals surface area contributed by atoms with Gasteiger partial charge in [-0.3, -0.25) is 13.9 Å². The van der Waals surface area contributed by atoms with Crippen molar-refractivity contribution in [3.63, 3.8) is 0 Å². The molecule has 0 saturated heterocycles. The minimum atomic E-state index is -4.14. The first-order valence-electron chi connectivity index (χ1n) is 12.5. The lowest BCUT2D eigenvalue weighted by Gasteiger charge is -2.32. The molecule has 2 atom stereocenters. The molecule has 2 amide bonds. The van der Waals surface area contributed by atoms with Crippen LogP contribution in [0.4, 0.5) is 10.1 Å². The molecule has 0 aliphatic heterocycles. The molecule has 0 aromatic heterocycles. The van der Waals surface area contributed by atoms with E-state index in [0.29, 0.717) is 12.1 Å². The monoisotopic (exact) mass is 539 g/mol. The predicted molar refractivity (Wildman–Crippen MR) is 146 cm³/mol. The number of hydrogen-bond donors (Lipinski definition) is 1. The van der Waals surface area contributed by atoms with Crippen molar-refractivity contribution in [3.05, 3.63) is 95.8 Å². The van der Waals surface area contributed by atoms with Crippen molar-refractivity contribution >= 4 is 27.5 Å². The minimum Gasteiger partial charge on any atom is -0.352 e. The number of amides is 2. The SMILES string of the molecule is CC[C@@H](C)NC(=O)[C@H](C)N(Cc1ccccc1F)C(=O)CN(c1ccccc1)S(=O)(=O)c1ccc(C)cc1. The Bertz CT molecular complexity index is 1350. The summed E-state index contributed by atoms with van der Waals surface area (Å²) in [6, 6.07) is 19.5. The third-order valence-electron chi connectivity index (χ3n) is 6.40. The summed E-state index contributed by atoms with van der Waals surface area (Å²) in [6.07, 6.45) is 0.691. The Balaban J connectivity index is 2.01. The fraction of sp³-hybridized carbons (Fsp3) is 0.310. The van der Waals surface area contributed by atoms with E-state index in [9.17, 15) is 22.4 Å². The quantitative estimate of drug-likeness (QED) is 0.384. The van der Waals surface area contributed by atoms with Crippen LogP contribution in [0.5, 0.6) is 0 Å². The Kier molecular flexibility index (Phi) is 9.63. The molecule has 0 spiro atoms. The number of carbonyl (C=O) groups is 2. The molecule has 202 valence electrons. The number of sulfonamides is 1. The van der Waals surface area contributed by atoms with E-state index in [1.165, 1.54) is 35.2 Å². The number of halogens is 1. The fourth-order valence-corrected chi connectivity index (χ4v) is 5.23. The highest BCUT2D eigenvalue weighted by atomic mass is 32.2. The van der Waals surface area contributed by atoms with Gasteiger partial charge in [0.15, 0.2) is 0 Å². The molecule has 7 nitrogen and oxygen atoms in total. The molecule has 0 saturated carbocycles. The molecule has 3 rings (SSSR count). The van der Waals surface area contributed by atoms with Gasteiger partial charge in [-0.15, -0.1) is 0 Å². The second-order valence-corrected chi connectivity index (χ2v) is 11.1. The summed E-state index contributed by atoms with van der Waals surface area (Å²) in [4.78, 5) is 28.1. The summed E-state index contributed by atoms with van der Waals surface area (Å²) in [5.74, 6) is -1.57. The highest BCUT2D eigenvalue weighted by molar-refractivity contribution is 7.92. The smallest absolute Gasteiger partial charge is 0.264 e. The van der Waals surface area contributed by atoms with E-state index in [1.54, 1.807) is 55.5 Å². The van der Waals surface area contributed by atoms with Gasteiger partial charge in [-0.05, 0) is 57.5 Å². The molecule has 0 bridgehead atoms. The minimum absolute atomic E-state index is 0.0305. The zero-order valence-corrected chi connectivity index (χ0v) is 22.9. The summed E-state index contributed by atoms with van der Waals surface area (Å²) < 4.78 is 43.0. The van der Waals surface area contributed by atoms with E-state index in [-0.39, 0.29) is 23.0 Å². The van der Waals surface area contributed by atoms with Crippen molar-refractivity contribution < 1.29 is 22.4 Å². The molecule has 0 radical (unpaired) electrons. The van der Waals surface area contributed by atoms with Gasteiger partial charge in [0, 0.05) is 18.2 Å². The van der Waals surface area contributed by atoms with Crippen molar-refractivity contribution in [2.45, 2.75) is 57.6 Å². The number of aryl methyl sites for hydroxylation is 1. The highest BCUT2D eigenvalue weighted by Gasteiger charge is 2.33. The normalized spacial score (nSPS) is 12.9. The van der Waals surface area contributed by atoms with Crippen LogP contribution in [0.2, 0.25) is 0 Å². The van der Waals surface area contributed by atoms with Crippen molar-refractivity contribution in [1.82, 2.24) is 10.2 Å². The molecule has 38 heavy (non-hydrogen) atoms. The maximum atomic E-state index is 14.6. The Labute approximate surface area is 224 Å². The second-order valence-electron chi connectivity index (χ2n) is 9.27. The summed E-state index contributed by atoms with van der Waals surface area (Å²) >= 11 is 0. The Morgan fingerprint density at radius 3 is 2.13 bits per heavy atom. The first kappa shape index (κ1) is 28.8. The Hall–Kier alpha value is -3.72. The molecule has 9 heteroatoms. The van der Waals surface area contributed by atoms with Gasteiger partial charge in [-0.25, -0.2) is 12.8 Å². The molecular weight excluding hydrogens is 505 g/mol. The largest absolute Gasteiger partial charge is 0.352 e. The maximum absolute atomic E-state index is 14.6. The molecule has 3 aromatic carbocycles. The number of para-hydroxylation sites is 1. The number of nitrogens with one attached hydrogen (secondary N) is 1. The van der Waals surface area contributed by atoms with Crippen molar-refractivity contribution in [3.8, 4) is 0 Å². The van der Waals surface area contributed by atoms with Crippen LogP contribution in [0.1, 0.15) is 38.3 Å². The number of hydrogen-bond acceptors (Lipinski definition) is 4. The van der Waals surface area contributed by atoms with Gasteiger partial charge >= 0.3 is 0 Å². The lowest BCUT2D eigenvalue weighted by atomic mass is 10.1. The van der Waals surface area contributed by atoms with E-state index in [2.05, 4.69) is 5.32 Å². The third-order valence-corrected chi connectivity index (χ3v) is 8.19. The number of carbonyl (C=O) groups excluding carboxylic acids is 2. The lowest BCUT2D eigenvalue weighted by Crippen LogP contribution is -2.52. The Morgan fingerprint density at radius 1 is 0.921 bits per heavy atom. The fourth-order valence-electron chi connectivity index (χ4n) is 3.82. The van der Waals surface area contributed by atoms with Gasteiger partial charge < -0.3 is 10.2 Å². The molecule has 0 aliphatic carbocycles. The van der Waals surface area contributed by atoms with Crippen LogP contribution >= 0.6 is 0 Å². The van der Waals surface area contributed by atoms with Gasteiger partial charge in [0.25, 0.3) is 10.0 Å². The van der Waals surface area contributed by atoms with Crippen molar-refractivity contribution in [1.29, 1.82) is 0 Å². The summed E-state index contributed by atoms with van der Waals surface area (Å²) in [5, 5.41) is 2.85. The predicted octanol–water partition coefficient (Wildman–Crippen LogP) is 4.66. The number of nitrogens with zero attached hydrogens (tertiary/aromatic N) is 2. The van der Waals surface area contributed by atoms with Crippen molar-refractivity contribution in [2.24, 2.45) is 0 Å². The third kappa shape index (κ3) is 6.98. The Morgan fingerprint density at radius 2 is 1.53 bits per heavy atom. The highest BCUT2D eigenvalue weighted by Crippen LogP contribution is 2.25. The molecular formula is C29H34FN3O4S. The summed E-state index contributed by atoms with van der Waals surface area (Å²) in [5.41, 5.74) is 1.41. The van der Waals surface area contributed by atoms with E-state index in [1.807, 2.05) is 20.8 Å². The van der Waals surface area contributed by atoms with E-state index >= 15 is 0 Å². The standard InChI is InChI=1S/C29H34FN3O4S/c1-5-22(3)31-29(35)23(4)32(19-24-11-9-10-14-27(24)30)28(34)20-33(25-12-7-6-8-13-25)38(36,37)26-17-15-21(2)16-18-26/h6-18,22-23H,5,19-20H2,1-4H3,(H,31,35)/t22-,23+/m1/s1. The van der Waals surface area contributed by atoms with Gasteiger partial charge in [0.1, 0.15) is 18.4 Å². The van der Waals surface area contributed by atoms with Crippen LogP contribution in [-0.4, -0.2) is 43.8 Å². The number of rotatable bonds is 11. The zero-order valence-electron chi connectivity index (χ0n) is 22.1. The van der Waals surface area contributed by atoms with Crippen LogP contribution in [0.3, 0.4) is 0 Å². The zero-order chi connectivity index (χ0) is 27.9. The van der Waals surface area contributed by atoms with Gasteiger partial charge in [-0.2, -0.15) is 0 Å². The van der Waals surface area contributed by atoms with Gasteiger partial charge in [-0.1, -0.05) is 61.0 Å². The van der Waals surface area contributed by atoms with Gasteiger partial charge in [0.05, 0.1) is 10.6 Å². The van der Waals surface area contributed by atoms with E-state index < -0.39 is 40.2 Å². The molecule has 0 heterocycles.